The molecule has 0 saturated carbocycles. The molecule has 1 aromatic rings. The molecule has 0 saturated heterocycles. The predicted molar refractivity (Wildman–Crippen MR) is 87.8 cm³/mol. The average Bonchev–Trinajstić information content (AvgIpc) is 2.41. The first kappa shape index (κ1) is 17.2. The maximum atomic E-state index is 11.9. The first-order valence-corrected chi connectivity index (χ1v) is 8.24. The van der Waals surface area contributed by atoms with Crippen molar-refractivity contribution in [1.82, 2.24) is 5.32 Å². The number of nitrogens with zero attached hydrogens (tertiary/aromatic N) is 1. The highest BCUT2D eigenvalue weighted by Crippen LogP contribution is 2.20. The van der Waals surface area contributed by atoms with Gasteiger partial charge in [0, 0.05) is 29.3 Å². The van der Waals surface area contributed by atoms with Crippen molar-refractivity contribution in [3.63, 3.8) is 0 Å². The molecule has 5 nitrogen and oxygen atoms in total. The Morgan fingerprint density at radius 2 is 1.95 bits per heavy atom. The van der Waals surface area contributed by atoms with E-state index in [-0.39, 0.29) is 22.2 Å². The van der Waals surface area contributed by atoms with E-state index in [9.17, 15) is 14.9 Å². The molecule has 0 aromatic heterocycles. The van der Waals surface area contributed by atoms with Gasteiger partial charge in [0.1, 0.15) is 0 Å². The van der Waals surface area contributed by atoms with Crippen molar-refractivity contribution in [2.45, 2.75) is 25.7 Å². The Bertz CT molecular complexity index is 483. The van der Waals surface area contributed by atoms with Crippen molar-refractivity contribution < 1.29 is 9.72 Å². The second-order valence-corrected chi connectivity index (χ2v) is 5.83. The highest BCUT2D eigenvalue weighted by Gasteiger charge is 2.13. The van der Waals surface area contributed by atoms with Crippen molar-refractivity contribution >= 4 is 45.8 Å². The Morgan fingerprint density at radius 3 is 2.60 bits per heavy atom. The van der Waals surface area contributed by atoms with Gasteiger partial charge in [0.25, 0.3) is 11.6 Å². The second kappa shape index (κ2) is 9.12. The van der Waals surface area contributed by atoms with Crippen LogP contribution in [0, 0.1) is 10.1 Å². The summed E-state index contributed by atoms with van der Waals surface area (Å²) < 4.78 is 1.15. The lowest BCUT2D eigenvalue weighted by atomic mass is 10.1. The fourth-order valence-electron chi connectivity index (χ4n) is 1.69. The van der Waals surface area contributed by atoms with Crippen molar-refractivity contribution in [2.24, 2.45) is 0 Å². The first-order chi connectivity index (χ1) is 9.54. The van der Waals surface area contributed by atoms with Crippen LogP contribution in [0.4, 0.5) is 5.69 Å². The Hall–Kier alpha value is -0.890. The van der Waals surface area contributed by atoms with E-state index in [0.717, 1.165) is 23.7 Å². The van der Waals surface area contributed by atoms with Crippen molar-refractivity contribution in [2.75, 3.05) is 11.0 Å². The van der Waals surface area contributed by atoms with Crippen molar-refractivity contribution in [1.29, 1.82) is 0 Å². The van der Waals surface area contributed by atoms with Crippen LogP contribution in [-0.2, 0) is 0 Å². The average molecular weight is 411 g/mol. The number of amides is 1. The van der Waals surface area contributed by atoms with E-state index in [1.165, 1.54) is 24.6 Å². The van der Waals surface area contributed by atoms with Crippen LogP contribution in [0.5, 0.6) is 0 Å². The van der Waals surface area contributed by atoms with E-state index < -0.39 is 4.92 Å². The largest absolute Gasteiger partial charge is 0.352 e. The molecule has 0 fully saturated rings. The normalized spacial score (nSPS) is 10.3. The predicted octanol–water partition coefficient (Wildman–Crippen LogP) is 3.97. The summed E-state index contributed by atoms with van der Waals surface area (Å²) in [5.41, 5.74) is 0.0427. The Kier molecular flexibility index (Phi) is 7.83. The van der Waals surface area contributed by atoms with Crippen LogP contribution in [0.15, 0.2) is 18.2 Å². The number of hydrogen-bond acceptors (Lipinski definition) is 3. The first-order valence-electron chi connectivity index (χ1n) is 6.33. The van der Waals surface area contributed by atoms with E-state index in [0.29, 0.717) is 6.54 Å². The van der Waals surface area contributed by atoms with Gasteiger partial charge in [0.15, 0.2) is 0 Å². The molecule has 110 valence electrons. The van der Waals surface area contributed by atoms with Gasteiger partial charge in [0.05, 0.1) is 4.92 Å². The van der Waals surface area contributed by atoms with Crippen LogP contribution in [0.3, 0.4) is 0 Å². The molecule has 0 aliphatic rings. The molecule has 7 heteroatoms. The molecular formula is C13H16ClIN2O3. The lowest BCUT2D eigenvalue weighted by molar-refractivity contribution is -0.384. The molecule has 0 aliphatic carbocycles. The topological polar surface area (TPSA) is 72.2 Å². The molecule has 1 aromatic carbocycles. The SMILES string of the molecule is O=C(NCCCCCCI)c1cc(Cl)cc([N+](=O)[O-])c1. The van der Waals surface area contributed by atoms with Crippen LogP contribution in [0.2, 0.25) is 5.02 Å². The molecule has 0 heterocycles. The van der Waals surface area contributed by atoms with Gasteiger partial charge in [-0.2, -0.15) is 0 Å². The maximum absolute atomic E-state index is 11.9. The minimum Gasteiger partial charge on any atom is -0.352 e. The van der Waals surface area contributed by atoms with Gasteiger partial charge in [-0.1, -0.05) is 47.0 Å². The minimum atomic E-state index is -0.563. The number of hydrogen-bond donors (Lipinski definition) is 1. The van der Waals surface area contributed by atoms with Crippen molar-refractivity contribution in [3.05, 3.63) is 38.9 Å². The molecule has 1 rings (SSSR count). The highest BCUT2D eigenvalue weighted by molar-refractivity contribution is 14.1. The lowest BCUT2D eigenvalue weighted by Gasteiger charge is -2.05. The van der Waals surface area contributed by atoms with Gasteiger partial charge in [-0.15, -0.1) is 0 Å². The zero-order valence-electron chi connectivity index (χ0n) is 10.9. The number of nitro benzene ring substituents is 1. The van der Waals surface area contributed by atoms with Gasteiger partial charge >= 0.3 is 0 Å². The van der Waals surface area contributed by atoms with Gasteiger partial charge in [-0.3, -0.25) is 14.9 Å². The number of non-ortho nitro benzene ring substituents is 1. The van der Waals surface area contributed by atoms with E-state index >= 15 is 0 Å². The summed E-state index contributed by atoms with van der Waals surface area (Å²) in [6, 6.07) is 3.89. The summed E-state index contributed by atoms with van der Waals surface area (Å²) in [5.74, 6) is -0.329. The molecule has 0 unspecified atom stereocenters. The third-order valence-electron chi connectivity index (χ3n) is 2.70. The van der Waals surface area contributed by atoms with Gasteiger partial charge in [-0.25, -0.2) is 0 Å². The van der Waals surface area contributed by atoms with Crippen LogP contribution >= 0.6 is 34.2 Å². The van der Waals surface area contributed by atoms with Gasteiger partial charge in [0.2, 0.25) is 0 Å². The molecule has 0 bridgehead atoms. The summed E-state index contributed by atoms with van der Waals surface area (Å²) in [4.78, 5) is 22.0. The summed E-state index contributed by atoms with van der Waals surface area (Å²) in [6.07, 6.45) is 4.32. The number of rotatable bonds is 8. The fourth-order valence-corrected chi connectivity index (χ4v) is 2.46. The Balaban J connectivity index is 2.49. The Morgan fingerprint density at radius 1 is 1.25 bits per heavy atom. The van der Waals surface area contributed by atoms with Crippen molar-refractivity contribution in [3.8, 4) is 0 Å². The molecular weight excluding hydrogens is 395 g/mol. The number of alkyl halides is 1. The number of nitro groups is 1. The zero-order valence-corrected chi connectivity index (χ0v) is 13.8. The van der Waals surface area contributed by atoms with Crippen LogP contribution < -0.4 is 5.32 Å². The molecule has 0 aliphatic heterocycles. The lowest BCUT2D eigenvalue weighted by Crippen LogP contribution is -2.24. The van der Waals surface area contributed by atoms with E-state index in [1.54, 1.807) is 0 Å². The minimum absolute atomic E-state index is 0.176. The Labute approximate surface area is 136 Å². The second-order valence-electron chi connectivity index (χ2n) is 4.31. The van der Waals surface area contributed by atoms with E-state index in [4.69, 9.17) is 11.6 Å². The summed E-state index contributed by atoms with van der Waals surface area (Å²) in [7, 11) is 0. The number of halogens is 2. The number of nitrogens with one attached hydrogen (secondary N) is 1. The molecule has 1 N–H and O–H groups in total. The number of benzene rings is 1. The number of carbonyl (C=O) groups excluding carboxylic acids is 1. The van der Waals surface area contributed by atoms with Crippen LogP contribution in [-0.4, -0.2) is 21.8 Å². The monoisotopic (exact) mass is 410 g/mol. The molecule has 0 radical (unpaired) electrons. The standard InChI is InChI=1S/C13H16ClIN2O3/c14-11-7-10(8-12(9-11)17(19)20)13(18)16-6-4-2-1-3-5-15/h7-9H,1-6H2,(H,16,18). The molecule has 1 amide bonds. The van der Waals surface area contributed by atoms with Crippen LogP contribution in [0.1, 0.15) is 36.0 Å². The summed E-state index contributed by atoms with van der Waals surface area (Å²) in [5, 5.41) is 13.6. The fraction of sp³-hybridized carbons (Fsp3) is 0.462. The summed E-state index contributed by atoms with van der Waals surface area (Å²) in [6.45, 7) is 0.570. The maximum Gasteiger partial charge on any atom is 0.271 e. The number of unbranched alkanes of at least 4 members (excludes halogenated alkanes) is 3. The molecule has 20 heavy (non-hydrogen) atoms. The zero-order chi connectivity index (χ0) is 15.0. The van der Waals surface area contributed by atoms with E-state index in [2.05, 4.69) is 27.9 Å². The highest BCUT2D eigenvalue weighted by atomic mass is 127. The summed E-state index contributed by atoms with van der Waals surface area (Å²) >= 11 is 8.11. The third kappa shape index (κ3) is 6.04. The quantitative estimate of drug-likeness (QED) is 0.232. The van der Waals surface area contributed by atoms with Gasteiger partial charge < -0.3 is 5.32 Å². The number of carbonyl (C=O) groups is 1. The molecule has 0 atom stereocenters. The van der Waals surface area contributed by atoms with E-state index in [1.807, 2.05) is 0 Å². The molecule has 0 spiro atoms. The third-order valence-corrected chi connectivity index (χ3v) is 3.68. The van der Waals surface area contributed by atoms with Gasteiger partial charge in [-0.05, 0) is 23.3 Å². The smallest absolute Gasteiger partial charge is 0.271 e. The van der Waals surface area contributed by atoms with Crippen LogP contribution in [0.25, 0.3) is 0 Å².